The molecule has 21 heavy (non-hydrogen) atoms. The molecule has 0 radical (unpaired) electrons. The second-order valence-corrected chi connectivity index (χ2v) is 5.02. The fourth-order valence-electron chi connectivity index (χ4n) is 2.76. The first-order valence-corrected chi connectivity index (χ1v) is 6.87. The van der Waals surface area contributed by atoms with Gasteiger partial charge in [0.25, 0.3) is 0 Å². The van der Waals surface area contributed by atoms with E-state index >= 15 is 0 Å². The van der Waals surface area contributed by atoms with Crippen molar-refractivity contribution in [2.24, 2.45) is 0 Å². The van der Waals surface area contributed by atoms with Crippen LogP contribution in [0.25, 0.3) is 32.9 Å². The fraction of sp³-hybridized carbons (Fsp3) is 0.0556. The third-order valence-electron chi connectivity index (χ3n) is 3.79. The largest absolute Gasteiger partial charge is 0.496 e. The zero-order chi connectivity index (χ0) is 14.2. The number of H-pyrrole nitrogens is 1. The van der Waals surface area contributed by atoms with Gasteiger partial charge in [0.15, 0.2) is 0 Å². The predicted octanol–water partition coefficient (Wildman–Crippen LogP) is 4.39. The lowest BCUT2D eigenvalue weighted by Gasteiger charge is -2.05. The Morgan fingerprint density at radius 1 is 0.905 bits per heavy atom. The maximum absolute atomic E-state index is 5.48. The van der Waals surface area contributed by atoms with Gasteiger partial charge in [-0.25, -0.2) is 0 Å². The number of aromatic amines is 1. The SMILES string of the molecule is COc1cccc2[nH]nc(-c3ccc4ccccc4c3)c12. The lowest BCUT2D eigenvalue weighted by molar-refractivity contribution is 0.420. The maximum atomic E-state index is 5.48. The number of rotatable bonds is 2. The Bertz CT molecular complexity index is 940. The zero-order valence-electron chi connectivity index (χ0n) is 11.6. The zero-order valence-corrected chi connectivity index (χ0v) is 11.6. The molecular formula is C18H14N2O. The Balaban J connectivity index is 1.99. The number of nitrogens with zero attached hydrogens (tertiary/aromatic N) is 1. The molecule has 3 aromatic carbocycles. The number of nitrogens with one attached hydrogen (secondary N) is 1. The monoisotopic (exact) mass is 274 g/mol. The molecule has 4 aromatic rings. The number of aromatic nitrogens is 2. The van der Waals surface area contributed by atoms with Crippen molar-refractivity contribution < 1.29 is 4.74 Å². The number of ether oxygens (including phenoxy) is 1. The predicted molar refractivity (Wildman–Crippen MR) is 85.6 cm³/mol. The lowest BCUT2D eigenvalue weighted by atomic mass is 10.0. The van der Waals surface area contributed by atoms with Crippen LogP contribution in [0.5, 0.6) is 5.75 Å². The van der Waals surface area contributed by atoms with Crippen LogP contribution in [0.2, 0.25) is 0 Å². The minimum absolute atomic E-state index is 0.837. The second kappa shape index (κ2) is 4.63. The van der Waals surface area contributed by atoms with Crippen LogP contribution >= 0.6 is 0 Å². The van der Waals surface area contributed by atoms with E-state index in [-0.39, 0.29) is 0 Å². The van der Waals surface area contributed by atoms with Gasteiger partial charge in [0.2, 0.25) is 0 Å². The molecule has 0 aliphatic rings. The number of hydrogen-bond acceptors (Lipinski definition) is 2. The molecule has 0 fully saturated rings. The first-order valence-electron chi connectivity index (χ1n) is 6.87. The average molecular weight is 274 g/mol. The molecule has 0 aliphatic heterocycles. The van der Waals surface area contributed by atoms with Crippen molar-refractivity contribution in [1.82, 2.24) is 10.2 Å². The summed E-state index contributed by atoms with van der Waals surface area (Å²) in [6.45, 7) is 0. The van der Waals surface area contributed by atoms with Crippen LogP contribution in [-0.2, 0) is 0 Å². The van der Waals surface area contributed by atoms with Gasteiger partial charge in [0.05, 0.1) is 18.0 Å². The number of benzene rings is 3. The molecule has 0 atom stereocenters. The van der Waals surface area contributed by atoms with Crippen molar-refractivity contribution >= 4 is 21.7 Å². The number of methoxy groups -OCH3 is 1. The van der Waals surface area contributed by atoms with Gasteiger partial charge in [0.1, 0.15) is 11.4 Å². The van der Waals surface area contributed by atoms with Gasteiger partial charge in [-0.1, -0.05) is 42.5 Å². The summed E-state index contributed by atoms with van der Waals surface area (Å²) in [6, 6.07) is 20.7. The fourth-order valence-corrected chi connectivity index (χ4v) is 2.76. The Hall–Kier alpha value is -2.81. The molecule has 0 unspecified atom stereocenters. The van der Waals surface area contributed by atoms with Gasteiger partial charge >= 0.3 is 0 Å². The molecule has 102 valence electrons. The molecule has 3 nitrogen and oxygen atoms in total. The molecule has 3 heteroatoms. The third kappa shape index (κ3) is 1.86. The Morgan fingerprint density at radius 3 is 2.62 bits per heavy atom. The van der Waals surface area contributed by atoms with Crippen molar-refractivity contribution in [3.05, 3.63) is 60.7 Å². The highest BCUT2D eigenvalue weighted by atomic mass is 16.5. The van der Waals surface area contributed by atoms with Crippen molar-refractivity contribution in [2.45, 2.75) is 0 Å². The highest BCUT2D eigenvalue weighted by Gasteiger charge is 2.12. The summed E-state index contributed by atoms with van der Waals surface area (Å²) in [5, 5.41) is 11.0. The molecular weight excluding hydrogens is 260 g/mol. The summed E-state index contributed by atoms with van der Waals surface area (Å²) in [4.78, 5) is 0. The molecule has 0 saturated carbocycles. The van der Waals surface area contributed by atoms with Crippen molar-refractivity contribution in [2.75, 3.05) is 7.11 Å². The summed E-state index contributed by atoms with van der Waals surface area (Å²) >= 11 is 0. The Morgan fingerprint density at radius 2 is 1.76 bits per heavy atom. The minimum Gasteiger partial charge on any atom is -0.496 e. The Kier molecular flexibility index (Phi) is 2.64. The van der Waals surface area contributed by atoms with Crippen LogP contribution in [0.1, 0.15) is 0 Å². The number of hydrogen-bond donors (Lipinski definition) is 1. The van der Waals surface area contributed by atoms with Crippen LogP contribution in [0.15, 0.2) is 60.7 Å². The van der Waals surface area contributed by atoms with Gasteiger partial charge in [0, 0.05) is 5.56 Å². The van der Waals surface area contributed by atoms with Gasteiger partial charge in [-0.15, -0.1) is 0 Å². The van der Waals surface area contributed by atoms with E-state index in [2.05, 4.69) is 52.7 Å². The highest BCUT2D eigenvalue weighted by molar-refractivity contribution is 5.99. The van der Waals surface area contributed by atoms with E-state index in [4.69, 9.17) is 4.74 Å². The molecule has 0 saturated heterocycles. The molecule has 1 heterocycles. The van der Waals surface area contributed by atoms with Gasteiger partial charge in [-0.3, -0.25) is 5.10 Å². The summed E-state index contributed by atoms with van der Waals surface area (Å²) in [5.74, 6) is 0.837. The Labute approximate surface area is 122 Å². The van der Waals surface area contributed by atoms with Crippen LogP contribution < -0.4 is 4.74 Å². The van der Waals surface area contributed by atoms with Gasteiger partial charge in [-0.2, -0.15) is 5.10 Å². The average Bonchev–Trinajstić information content (AvgIpc) is 2.98. The van der Waals surface area contributed by atoms with Crippen LogP contribution in [0.3, 0.4) is 0 Å². The molecule has 0 aliphatic carbocycles. The van der Waals surface area contributed by atoms with Crippen molar-refractivity contribution in [1.29, 1.82) is 0 Å². The smallest absolute Gasteiger partial charge is 0.130 e. The standard InChI is InChI=1S/C18H14N2O/c1-21-16-8-4-7-15-17(16)18(20-19-15)14-10-9-12-5-2-3-6-13(12)11-14/h2-11H,1H3,(H,19,20). The normalized spacial score (nSPS) is 11.1. The van der Waals surface area contributed by atoms with Crippen LogP contribution in [0, 0.1) is 0 Å². The van der Waals surface area contributed by atoms with E-state index in [0.29, 0.717) is 0 Å². The van der Waals surface area contributed by atoms with Crippen molar-refractivity contribution in [3.8, 4) is 17.0 Å². The minimum atomic E-state index is 0.837. The lowest BCUT2D eigenvalue weighted by Crippen LogP contribution is -1.85. The topological polar surface area (TPSA) is 37.9 Å². The first kappa shape index (κ1) is 12.0. The molecule has 1 N–H and O–H groups in total. The van der Waals surface area contributed by atoms with E-state index in [1.54, 1.807) is 7.11 Å². The van der Waals surface area contributed by atoms with Crippen LogP contribution in [0.4, 0.5) is 0 Å². The van der Waals surface area contributed by atoms with E-state index in [1.807, 2.05) is 18.2 Å². The molecule has 0 amide bonds. The number of fused-ring (bicyclic) bond motifs is 2. The van der Waals surface area contributed by atoms with E-state index in [9.17, 15) is 0 Å². The summed E-state index contributed by atoms with van der Waals surface area (Å²) in [6.07, 6.45) is 0. The quantitative estimate of drug-likeness (QED) is 0.588. The highest BCUT2D eigenvalue weighted by Crippen LogP contribution is 2.34. The summed E-state index contributed by atoms with van der Waals surface area (Å²) in [5.41, 5.74) is 3.00. The van der Waals surface area contributed by atoms with E-state index in [1.165, 1.54) is 10.8 Å². The molecule has 4 rings (SSSR count). The second-order valence-electron chi connectivity index (χ2n) is 5.02. The van der Waals surface area contributed by atoms with E-state index < -0.39 is 0 Å². The summed E-state index contributed by atoms with van der Waals surface area (Å²) < 4.78 is 5.48. The van der Waals surface area contributed by atoms with E-state index in [0.717, 1.165) is 27.9 Å². The molecule has 0 bridgehead atoms. The first-order chi connectivity index (χ1) is 10.4. The maximum Gasteiger partial charge on any atom is 0.130 e. The van der Waals surface area contributed by atoms with Crippen molar-refractivity contribution in [3.63, 3.8) is 0 Å². The van der Waals surface area contributed by atoms with Gasteiger partial charge < -0.3 is 4.74 Å². The van der Waals surface area contributed by atoms with Crippen LogP contribution in [-0.4, -0.2) is 17.3 Å². The summed E-state index contributed by atoms with van der Waals surface area (Å²) in [7, 11) is 1.69. The van der Waals surface area contributed by atoms with Gasteiger partial charge in [-0.05, 0) is 29.0 Å². The molecule has 0 spiro atoms. The molecule has 1 aromatic heterocycles. The third-order valence-corrected chi connectivity index (χ3v) is 3.79.